The van der Waals surface area contributed by atoms with Crippen LogP contribution < -0.4 is 0 Å². The van der Waals surface area contributed by atoms with Crippen LogP contribution in [0, 0.1) is 0 Å². The molecule has 0 saturated carbocycles. The zero-order valence-corrected chi connectivity index (χ0v) is 17.2. The summed E-state index contributed by atoms with van der Waals surface area (Å²) in [6, 6.07) is 0. The Labute approximate surface area is 156 Å². The SMILES string of the molecule is CCCCCCCCSCCCCCCCC[S+]([O-])CCC(=O)O. The number of carboxylic acids is 1. The normalized spacial score (nSPS) is 12.4. The van der Waals surface area contributed by atoms with Crippen molar-refractivity contribution in [1.29, 1.82) is 0 Å². The zero-order valence-electron chi connectivity index (χ0n) is 15.6. The van der Waals surface area contributed by atoms with E-state index in [9.17, 15) is 9.35 Å². The second-order valence-corrected chi connectivity index (χ2v) is 9.41. The van der Waals surface area contributed by atoms with Gasteiger partial charge in [0.15, 0.2) is 0 Å². The lowest BCUT2D eigenvalue weighted by Crippen LogP contribution is -2.14. The van der Waals surface area contributed by atoms with Gasteiger partial charge in [0.25, 0.3) is 0 Å². The van der Waals surface area contributed by atoms with Crippen LogP contribution in [0.15, 0.2) is 0 Å². The lowest BCUT2D eigenvalue weighted by atomic mass is 10.1. The second kappa shape index (κ2) is 19.5. The molecule has 0 aliphatic heterocycles. The van der Waals surface area contributed by atoms with Gasteiger partial charge in [-0.15, -0.1) is 0 Å². The molecule has 0 spiro atoms. The molecule has 144 valence electrons. The Hall–Kier alpha value is 0.130. The molecular weight excluding hydrogens is 340 g/mol. The van der Waals surface area contributed by atoms with E-state index in [1.807, 2.05) is 0 Å². The van der Waals surface area contributed by atoms with Crippen molar-refractivity contribution in [3.8, 4) is 0 Å². The first-order valence-corrected chi connectivity index (χ1v) is 12.5. The van der Waals surface area contributed by atoms with Gasteiger partial charge < -0.3 is 9.66 Å². The third-order valence-electron chi connectivity index (χ3n) is 4.10. The summed E-state index contributed by atoms with van der Waals surface area (Å²) in [6.45, 7) is 2.26. The van der Waals surface area contributed by atoms with Gasteiger partial charge in [0.1, 0.15) is 11.5 Å². The van der Waals surface area contributed by atoms with Crippen LogP contribution in [0.25, 0.3) is 0 Å². The number of thioether (sulfide) groups is 1. The number of rotatable bonds is 19. The van der Waals surface area contributed by atoms with Crippen LogP contribution in [0.4, 0.5) is 0 Å². The van der Waals surface area contributed by atoms with E-state index in [1.54, 1.807) is 0 Å². The van der Waals surface area contributed by atoms with Gasteiger partial charge in [-0.25, -0.2) is 0 Å². The van der Waals surface area contributed by atoms with Crippen molar-refractivity contribution in [1.82, 2.24) is 0 Å². The minimum absolute atomic E-state index is 0.0308. The lowest BCUT2D eigenvalue weighted by molar-refractivity contribution is -0.136. The van der Waals surface area contributed by atoms with Crippen molar-refractivity contribution in [3.05, 3.63) is 0 Å². The molecule has 5 heteroatoms. The van der Waals surface area contributed by atoms with Gasteiger partial charge in [0.2, 0.25) is 0 Å². The molecule has 0 heterocycles. The van der Waals surface area contributed by atoms with Crippen LogP contribution in [0.5, 0.6) is 0 Å². The van der Waals surface area contributed by atoms with E-state index < -0.39 is 17.1 Å². The predicted octanol–water partition coefficient (Wildman–Crippen LogP) is 5.64. The summed E-state index contributed by atoms with van der Waals surface area (Å²) in [7, 11) is 0. The maximum Gasteiger partial charge on any atom is 0.308 e. The highest BCUT2D eigenvalue weighted by Gasteiger charge is 2.08. The number of unbranched alkanes of at least 4 members (excludes halogenated alkanes) is 10. The maximum atomic E-state index is 11.5. The van der Waals surface area contributed by atoms with Gasteiger partial charge in [-0.1, -0.05) is 69.5 Å². The molecule has 0 aliphatic carbocycles. The third-order valence-corrected chi connectivity index (χ3v) is 6.65. The molecule has 0 amide bonds. The third kappa shape index (κ3) is 20.2. The predicted molar refractivity (Wildman–Crippen MR) is 109 cm³/mol. The molecule has 0 aromatic rings. The van der Waals surface area contributed by atoms with E-state index in [-0.39, 0.29) is 6.42 Å². The molecule has 0 bridgehead atoms. The molecule has 0 rings (SSSR count). The van der Waals surface area contributed by atoms with Crippen LogP contribution in [0.2, 0.25) is 0 Å². The minimum atomic E-state index is -0.942. The fourth-order valence-electron chi connectivity index (χ4n) is 2.56. The number of carbonyl (C=O) groups is 1. The molecule has 0 saturated heterocycles. The molecule has 0 fully saturated rings. The Bertz CT molecular complexity index is 275. The Morgan fingerprint density at radius 2 is 1.33 bits per heavy atom. The van der Waals surface area contributed by atoms with Crippen LogP contribution in [0.1, 0.15) is 90.4 Å². The molecule has 0 aliphatic rings. The summed E-state index contributed by atoms with van der Waals surface area (Å²) < 4.78 is 11.5. The Balaban J connectivity index is 3.08. The number of aliphatic carboxylic acids is 1. The second-order valence-electron chi connectivity index (χ2n) is 6.49. The average Bonchev–Trinajstić information content (AvgIpc) is 2.56. The molecule has 0 aromatic heterocycles. The van der Waals surface area contributed by atoms with Crippen LogP contribution >= 0.6 is 11.8 Å². The highest BCUT2D eigenvalue weighted by atomic mass is 32.2. The van der Waals surface area contributed by atoms with Gasteiger partial charge in [0, 0.05) is 0 Å². The van der Waals surface area contributed by atoms with E-state index >= 15 is 0 Å². The largest absolute Gasteiger partial charge is 0.616 e. The molecule has 3 nitrogen and oxygen atoms in total. The van der Waals surface area contributed by atoms with Gasteiger partial charge in [0.05, 0.1) is 6.42 Å². The van der Waals surface area contributed by atoms with Crippen LogP contribution in [0.3, 0.4) is 0 Å². The first-order chi connectivity index (χ1) is 11.7. The molecule has 1 unspecified atom stereocenters. The van der Waals surface area contributed by atoms with E-state index in [2.05, 4.69) is 18.7 Å². The fourth-order valence-corrected chi connectivity index (χ4v) is 4.72. The summed E-state index contributed by atoms with van der Waals surface area (Å²) >= 11 is 1.17. The molecule has 1 N–H and O–H groups in total. The smallest absolute Gasteiger partial charge is 0.308 e. The molecule has 0 aromatic carbocycles. The van der Waals surface area contributed by atoms with Crippen molar-refractivity contribution in [3.63, 3.8) is 0 Å². The van der Waals surface area contributed by atoms with Crippen molar-refractivity contribution < 1.29 is 14.5 Å². The highest BCUT2D eigenvalue weighted by Crippen LogP contribution is 2.13. The van der Waals surface area contributed by atoms with Gasteiger partial charge in [-0.05, 0) is 37.2 Å². The van der Waals surface area contributed by atoms with Crippen molar-refractivity contribution >= 4 is 28.9 Å². The maximum absolute atomic E-state index is 11.5. The minimum Gasteiger partial charge on any atom is -0.616 e. The highest BCUT2D eigenvalue weighted by molar-refractivity contribution is 7.99. The molecular formula is C19H38O3S2. The van der Waals surface area contributed by atoms with E-state index in [1.165, 1.54) is 75.7 Å². The topological polar surface area (TPSA) is 60.4 Å². The Kier molecular flexibility index (Phi) is 19.6. The summed E-state index contributed by atoms with van der Waals surface area (Å²) in [5.74, 6) is 2.76. The monoisotopic (exact) mass is 378 g/mol. The number of hydrogen-bond acceptors (Lipinski definition) is 3. The Morgan fingerprint density at radius 1 is 0.833 bits per heavy atom. The molecule has 0 radical (unpaired) electrons. The van der Waals surface area contributed by atoms with E-state index in [0.29, 0.717) is 11.5 Å². The van der Waals surface area contributed by atoms with Gasteiger partial charge >= 0.3 is 5.97 Å². The van der Waals surface area contributed by atoms with Crippen molar-refractivity contribution in [2.24, 2.45) is 0 Å². The molecule has 24 heavy (non-hydrogen) atoms. The first-order valence-electron chi connectivity index (χ1n) is 9.81. The first kappa shape index (κ1) is 24.1. The van der Waals surface area contributed by atoms with Crippen LogP contribution in [-0.2, 0) is 16.0 Å². The van der Waals surface area contributed by atoms with Crippen molar-refractivity contribution in [2.75, 3.05) is 23.0 Å². The van der Waals surface area contributed by atoms with Crippen molar-refractivity contribution in [2.45, 2.75) is 90.4 Å². The lowest BCUT2D eigenvalue weighted by Gasteiger charge is -2.09. The Morgan fingerprint density at radius 3 is 1.88 bits per heavy atom. The average molecular weight is 379 g/mol. The summed E-state index contributed by atoms with van der Waals surface area (Å²) in [5, 5.41) is 8.53. The van der Waals surface area contributed by atoms with Gasteiger partial charge in [-0.3, -0.25) is 4.79 Å². The fraction of sp³-hybridized carbons (Fsp3) is 0.947. The molecule has 1 atom stereocenters. The zero-order chi connectivity index (χ0) is 17.9. The summed E-state index contributed by atoms with van der Waals surface area (Å²) in [4.78, 5) is 10.4. The van der Waals surface area contributed by atoms with E-state index in [0.717, 1.165) is 12.8 Å². The van der Waals surface area contributed by atoms with Gasteiger partial charge in [-0.2, -0.15) is 11.8 Å². The summed E-state index contributed by atoms with van der Waals surface area (Å²) in [5.41, 5.74) is 0. The summed E-state index contributed by atoms with van der Waals surface area (Å²) in [6.07, 6.45) is 15.6. The van der Waals surface area contributed by atoms with E-state index in [4.69, 9.17) is 5.11 Å². The number of hydrogen-bond donors (Lipinski definition) is 1. The quantitative estimate of drug-likeness (QED) is 0.233. The number of carboxylic acid groups (broad SMARTS) is 1. The standard InChI is InChI=1S/C19H38O3S2/c1-2-3-4-5-8-11-15-23-16-12-9-6-7-10-13-17-24(22)18-14-19(20)21/h2-18H2,1H3,(H,20,21). The van der Waals surface area contributed by atoms with Crippen LogP contribution in [-0.4, -0.2) is 38.6 Å².